The van der Waals surface area contributed by atoms with Gasteiger partial charge in [0.15, 0.2) is 5.96 Å². The van der Waals surface area contributed by atoms with E-state index in [1.54, 1.807) is 7.05 Å². The Hall–Kier alpha value is -2.79. The fourth-order valence-corrected chi connectivity index (χ4v) is 11.9. The minimum atomic E-state index is -1.39. The number of allylic oxidation sites excluding steroid dienone is 2. The molecule has 0 aliphatic heterocycles. The number of nitrogens with two attached hydrogens (primary N) is 1. The largest absolute Gasteiger partial charge is 0.390 e. The van der Waals surface area contributed by atoms with Crippen LogP contribution in [-0.2, 0) is 6.42 Å². The van der Waals surface area contributed by atoms with Crippen LogP contribution in [0.4, 0.5) is 0 Å². The molecule has 4 bridgehead atoms. The van der Waals surface area contributed by atoms with Crippen LogP contribution in [0.5, 0.6) is 0 Å². The molecule has 9 rings (SSSR count). The number of hydrogen-bond acceptors (Lipinski definition) is 4. The number of guanidine groups is 1. The van der Waals surface area contributed by atoms with E-state index >= 15 is 0 Å². The SMILES string of the molecule is CN=C(N)NC1C#CC2CCC=C(Cc3cc4ccccc4[nH]3)C23CC2CCC3C3C(CC(O)C3(O)C1)C2(O)C1CCCCC1. The summed E-state index contributed by atoms with van der Waals surface area (Å²) in [5.74, 6) is 7.82. The first-order valence-corrected chi connectivity index (χ1v) is 17.7. The van der Waals surface area contributed by atoms with Crippen LogP contribution in [0.3, 0.4) is 0 Å². The summed E-state index contributed by atoms with van der Waals surface area (Å²) < 4.78 is 0. The molecule has 0 amide bonds. The topological polar surface area (TPSA) is 127 Å². The number of H-pyrrole nitrogens is 1. The number of aromatic amines is 1. The third kappa shape index (κ3) is 4.38. The third-order valence-electron chi connectivity index (χ3n) is 13.6. The Morgan fingerprint density at radius 3 is 2.64 bits per heavy atom. The number of aliphatic hydroxyl groups excluding tert-OH is 1. The van der Waals surface area contributed by atoms with E-state index in [1.807, 2.05) is 0 Å². The number of hydrogen-bond donors (Lipinski definition) is 6. The molecule has 7 aliphatic carbocycles. The van der Waals surface area contributed by atoms with Crippen LogP contribution in [0.25, 0.3) is 10.9 Å². The number of para-hydroxylation sites is 1. The van der Waals surface area contributed by atoms with Gasteiger partial charge in [-0.05, 0) is 98.5 Å². The van der Waals surface area contributed by atoms with Gasteiger partial charge in [0.2, 0.25) is 0 Å². The molecule has 10 unspecified atom stereocenters. The molecule has 1 spiro atoms. The van der Waals surface area contributed by atoms with E-state index in [0.29, 0.717) is 12.4 Å². The summed E-state index contributed by atoms with van der Waals surface area (Å²) in [5.41, 5.74) is 7.41. The average molecular weight is 611 g/mol. The molecule has 45 heavy (non-hydrogen) atoms. The summed E-state index contributed by atoms with van der Waals surface area (Å²) in [4.78, 5) is 7.85. The Balaban J connectivity index is 1.31. The van der Waals surface area contributed by atoms with E-state index in [4.69, 9.17) is 5.73 Å². The smallest absolute Gasteiger partial charge is 0.189 e. The van der Waals surface area contributed by atoms with Crippen LogP contribution in [0.1, 0.15) is 82.7 Å². The van der Waals surface area contributed by atoms with Gasteiger partial charge in [-0.1, -0.05) is 61.0 Å². The maximum atomic E-state index is 13.4. The summed E-state index contributed by atoms with van der Waals surface area (Å²) in [7, 11) is 1.65. The molecule has 7 N–H and O–H groups in total. The molecule has 2 aromatic rings. The van der Waals surface area contributed by atoms with Crippen LogP contribution in [-0.4, -0.2) is 56.7 Å². The highest BCUT2D eigenvalue weighted by atomic mass is 16.3. The van der Waals surface area contributed by atoms with Crippen molar-refractivity contribution < 1.29 is 15.3 Å². The number of aliphatic imine (C=N–C) groups is 1. The van der Waals surface area contributed by atoms with Gasteiger partial charge in [0, 0.05) is 42.4 Å². The number of fused-ring (bicyclic) bond motifs is 2. The zero-order valence-corrected chi connectivity index (χ0v) is 26.6. The molecule has 240 valence electrons. The number of aromatic nitrogens is 1. The van der Waals surface area contributed by atoms with Crippen molar-refractivity contribution in [1.82, 2.24) is 10.3 Å². The lowest BCUT2D eigenvalue weighted by Gasteiger charge is -2.56. The lowest BCUT2D eigenvalue weighted by molar-refractivity contribution is -0.142. The van der Waals surface area contributed by atoms with Gasteiger partial charge < -0.3 is 31.4 Å². The van der Waals surface area contributed by atoms with Crippen LogP contribution in [0.15, 0.2) is 47.0 Å². The summed E-state index contributed by atoms with van der Waals surface area (Å²) >= 11 is 0. The second kappa shape index (κ2) is 10.9. The first-order valence-electron chi connectivity index (χ1n) is 17.7. The lowest BCUT2D eigenvalue weighted by atomic mass is 9.48. The normalized spacial score (nSPS) is 42.9. The number of nitrogens with zero attached hydrogens (tertiary/aromatic N) is 1. The molecule has 7 aliphatic rings. The van der Waals surface area contributed by atoms with Gasteiger partial charge in [-0.2, -0.15) is 0 Å². The Bertz CT molecular complexity index is 1550. The van der Waals surface area contributed by atoms with E-state index < -0.39 is 23.3 Å². The Morgan fingerprint density at radius 2 is 1.84 bits per heavy atom. The Labute approximate surface area is 267 Å². The predicted octanol–water partition coefficient (Wildman–Crippen LogP) is 4.81. The van der Waals surface area contributed by atoms with Gasteiger partial charge in [-0.25, -0.2) is 0 Å². The van der Waals surface area contributed by atoms with Gasteiger partial charge in [0.25, 0.3) is 0 Å². The minimum absolute atomic E-state index is 0.105. The van der Waals surface area contributed by atoms with Gasteiger partial charge in [-0.15, -0.1) is 0 Å². The minimum Gasteiger partial charge on any atom is -0.390 e. The standard InChI is InChI=1S/C38H50N4O3/c1-40-35(39)42-28-16-14-24-11-7-12-26(19-29-18-23-8-5-6-13-32(23)41-29)36(24)21-27-15-17-30(36)34-31(20-33(43)37(34,44)22-28)38(27,45)25-9-3-2-4-10-25/h5-6,8,12-13,18,24-25,27-28,30-31,33-34,41,43-45H,2-4,7,9-11,15,17,19-22H2,1H3,(H3,39,40,42). The van der Waals surface area contributed by atoms with Crippen molar-refractivity contribution in [1.29, 1.82) is 0 Å². The zero-order chi connectivity index (χ0) is 31.0. The monoisotopic (exact) mass is 610 g/mol. The number of rotatable bonds is 4. The lowest BCUT2D eigenvalue weighted by Crippen LogP contribution is -2.56. The second-order valence-electron chi connectivity index (χ2n) is 15.4. The molecule has 0 radical (unpaired) electrons. The molecule has 7 nitrogen and oxygen atoms in total. The van der Waals surface area contributed by atoms with Gasteiger partial charge >= 0.3 is 0 Å². The number of benzene rings is 1. The quantitative estimate of drug-likeness (QED) is 0.128. The van der Waals surface area contributed by atoms with Crippen molar-refractivity contribution in [3.63, 3.8) is 0 Å². The maximum absolute atomic E-state index is 13.4. The molecule has 1 aromatic carbocycles. The van der Waals surface area contributed by atoms with E-state index in [9.17, 15) is 15.3 Å². The van der Waals surface area contributed by atoms with Gasteiger partial charge in [0.05, 0.1) is 23.3 Å². The summed E-state index contributed by atoms with van der Waals surface area (Å²) in [6, 6.07) is 10.3. The van der Waals surface area contributed by atoms with Crippen LogP contribution in [0, 0.1) is 52.8 Å². The summed E-state index contributed by atoms with van der Waals surface area (Å²) in [5, 5.41) is 42.7. The van der Waals surface area contributed by atoms with Crippen molar-refractivity contribution in [2.24, 2.45) is 51.6 Å². The average Bonchev–Trinajstić information content (AvgIpc) is 3.53. The van der Waals surface area contributed by atoms with Crippen molar-refractivity contribution in [3.05, 3.63) is 47.7 Å². The van der Waals surface area contributed by atoms with Crippen molar-refractivity contribution in [2.45, 2.75) is 107 Å². The van der Waals surface area contributed by atoms with Crippen LogP contribution < -0.4 is 11.1 Å². The van der Waals surface area contributed by atoms with E-state index in [1.165, 1.54) is 23.1 Å². The third-order valence-corrected chi connectivity index (χ3v) is 13.6. The highest BCUT2D eigenvalue weighted by molar-refractivity contribution is 5.80. The molecule has 1 heterocycles. The van der Waals surface area contributed by atoms with Gasteiger partial charge in [-0.3, -0.25) is 4.99 Å². The molecular formula is C38H50N4O3. The second-order valence-corrected chi connectivity index (χ2v) is 15.4. The molecule has 7 heteroatoms. The number of nitrogens with one attached hydrogen (secondary N) is 2. The molecule has 5 fully saturated rings. The van der Waals surface area contributed by atoms with E-state index in [-0.39, 0.29) is 47.3 Å². The number of aliphatic hydroxyl groups is 3. The Morgan fingerprint density at radius 1 is 1.02 bits per heavy atom. The van der Waals surface area contributed by atoms with E-state index in [0.717, 1.165) is 69.7 Å². The van der Waals surface area contributed by atoms with Crippen LogP contribution in [0.2, 0.25) is 0 Å². The van der Waals surface area contributed by atoms with E-state index in [2.05, 4.69) is 63.5 Å². The van der Waals surface area contributed by atoms with Crippen molar-refractivity contribution in [3.8, 4) is 11.8 Å². The highest BCUT2D eigenvalue weighted by Crippen LogP contribution is 2.71. The molecule has 0 saturated heterocycles. The molecular weight excluding hydrogens is 560 g/mol. The van der Waals surface area contributed by atoms with Crippen molar-refractivity contribution in [2.75, 3.05) is 7.05 Å². The predicted molar refractivity (Wildman–Crippen MR) is 177 cm³/mol. The maximum Gasteiger partial charge on any atom is 0.189 e. The summed E-state index contributed by atoms with van der Waals surface area (Å²) in [6.45, 7) is 0. The fourth-order valence-electron chi connectivity index (χ4n) is 11.9. The molecule has 10 atom stereocenters. The highest BCUT2D eigenvalue weighted by Gasteiger charge is 2.72. The zero-order valence-electron chi connectivity index (χ0n) is 26.6. The van der Waals surface area contributed by atoms with Crippen LogP contribution >= 0.6 is 0 Å². The molecule has 1 aromatic heterocycles. The first-order chi connectivity index (χ1) is 21.8. The fraction of sp³-hybridized carbons (Fsp3) is 0.658. The summed E-state index contributed by atoms with van der Waals surface area (Å²) in [6.07, 6.45) is 13.5. The Kier molecular flexibility index (Phi) is 7.17. The first kappa shape index (κ1) is 29.6. The molecule has 5 saturated carbocycles. The van der Waals surface area contributed by atoms with Gasteiger partial charge in [0.1, 0.15) is 0 Å². The van der Waals surface area contributed by atoms with Crippen molar-refractivity contribution >= 4 is 16.9 Å².